The Hall–Kier alpha value is -1.96. The molecule has 0 spiro atoms. The number of hydrogen-bond acceptors (Lipinski definition) is 2. The van der Waals surface area contributed by atoms with Crippen LogP contribution in [-0.2, 0) is 0 Å². The molecule has 1 heterocycles. The zero-order valence-corrected chi connectivity index (χ0v) is 7.40. The third-order valence-corrected chi connectivity index (χ3v) is 2.37. The minimum Gasteiger partial charge on any atom is -0.481 e. The van der Waals surface area contributed by atoms with Crippen LogP contribution >= 0.6 is 0 Å². The minimum atomic E-state index is -0.0321. The summed E-state index contributed by atoms with van der Waals surface area (Å²) in [5.74, 6) is -0.0321. The summed E-state index contributed by atoms with van der Waals surface area (Å²) in [7, 11) is 0. The lowest BCUT2D eigenvalue weighted by molar-refractivity contribution is 0.346. The lowest BCUT2D eigenvalue weighted by atomic mass is 10.1. The molecule has 2 aromatic carbocycles. The molecule has 0 saturated heterocycles. The average Bonchev–Trinajstić information content (AvgIpc) is 2.53. The van der Waals surface area contributed by atoms with Crippen LogP contribution in [0.25, 0.3) is 21.7 Å². The summed E-state index contributed by atoms with van der Waals surface area (Å²) in [5, 5.41) is 12.4. The van der Waals surface area contributed by atoms with Crippen molar-refractivity contribution in [2.24, 2.45) is 0 Å². The van der Waals surface area contributed by atoms with Gasteiger partial charge in [-0.1, -0.05) is 24.3 Å². The van der Waals surface area contributed by atoms with Gasteiger partial charge in [-0.15, -0.1) is 0 Å². The van der Waals surface area contributed by atoms with E-state index in [2.05, 4.69) is 0 Å². The Balaban J connectivity index is 2.51. The summed E-state index contributed by atoms with van der Waals surface area (Å²) in [6.07, 6.45) is 0. The van der Waals surface area contributed by atoms with E-state index in [1.54, 1.807) is 6.07 Å². The fourth-order valence-corrected chi connectivity index (χ4v) is 1.71. The number of furan rings is 1. The maximum atomic E-state index is 9.20. The summed E-state index contributed by atoms with van der Waals surface area (Å²) >= 11 is 0. The maximum Gasteiger partial charge on any atom is 0.282 e. The normalized spacial score (nSPS) is 11.1. The highest BCUT2D eigenvalue weighted by Gasteiger charge is 2.03. The second-order valence-corrected chi connectivity index (χ2v) is 3.32. The standard InChI is InChI=1S/C12H8O2/c13-12-7-10-5-8-3-1-2-4-9(8)6-11(10)14-12/h1-7,13H. The van der Waals surface area contributed by atoms with Crippen LogP contribution in [-0.4, -0.2) is 5.11 Å². The molecule has 3 rings (SSSR count). The molecule has 0 fully saturated rings. The molecule has 0 aliphatic carbocycles. The Morgan fingerprint density at radius 3 is 2.36 bits per heavy atom. The van der Waals surface area contributed by atoms with Crippen molar-refractivity contribution in [3.05, 3.63) is 42.5 Å². The fourth-order valence-electron chi connectivity index (χ4n) is 1.71. The molecule has 14 heavy (non-hydrogen) atoms. The predicted octanol–water partition coefficient (Wildman–Crippen LogP) is 3.29. The van der Waals surface area contributed by atoms with E-state index >= 15 is 0 Å². The third-order valence-electron chi connectivity index (χ3n) is 2.37. The molecule has 2 nitrogen and oxygen atoms in total. The molecular formula is C12H8O2. The molecular weight excluding hydrogens is 176 g/mol. The van der Waals surface area contributed by atoms with Crippen LogP contribution in [0.15, 0.2) is 46.9 Å². The molecule has 0 unspecified atom stereocenters. The Bertz CT molecular complexity index is 555. The van der Waals surface area contributed by atoms with Gasteiger partial charge >= 0.3 is 0 Å². The van der Waals surface area contributed by atoms with E-state index < -0.39 is 0 Å². The number of benzene rings is 2. The molecule has 68 valence electrons. The van der Waals surface area contributed by atoms with Crippen molar-refractivity contribution in [1.82, 2.24) is 0 Å². The molecule has 2 heteroatoms. The summed E-state index contributed by atoms with van der Waals surface area (Å²) in [6.45, 7) is 0. The average molecular weight is 184 g/mol. The largest absolute Gasteiger partial charge is 0.481 e. The first kappa shape index (κ1) is 7.44. The summed E-state index contributed by atoms with van der Waals surface area (Å²) in [5.41, 5.74) is 0.723. The molecule has 3 aromatic rings. The third kappa shape index (κ3) is 0.973. The Morgan fingerprint density at radius 2 is 1.57 bits per heavy atom. The highest BCUT2D eigenvalue weighted by Crippen LogP contribution is 2.28. The van der Waals surface area contributed by atoms with Gasteiger partial charge in [-0.25, -0.2) is 0 Å². The van der Waals surface area contributed by atoms with Gasteiger partial charge in [0.15, 0.2) is 0 Å². The molecule has 0 saturated carbocycles. The van der Waals surface area contributed by atoms with Gasteiger partial charge in [-0.3, -0.25) is 0 Å². The first-order valence-electron chi connectivity index (χ1n) is 4.44. The van der Waals surface area contributed by atoms with Crippen molar-refractivity contribution in [3.8, 4) is 5.95 Å². The van der Waals surface area contributed by atoms with Crippen molar-refractivity contribution in [2.45, 2.75) is 0 Å². The lowest BCUT2D eigenvalue weighted by Gasteiger charge is -1.95. The molecule has 0 atom stereocenters. The Morgan fingerprint density at radius 1 is 0.857 bits per heavy atom. The van der Waals surface area contributed by atoms with E-state index in [-0.39, 0.29) is 5.95 Å². The summed E-state index contributed by atoms with van der Waals surface area (Å²) < 4.78 is 5.13. The number of fused-ring (bicyclic) bond motifs is 2. The quantitative estimate of drug-likeness (QED) is 0.581. The molecule has 1 N–H and O–H groups in total. The lowest BCUT2D eigenvalue weighted by Crippen LogP contribution is -1.70. The molecule has 1 aromatic heterocycles. The van der Waals surface area contributed by atoms with E-state index in [0.29, 0.717) is 0 Å². The fraction of sp³-hybridized carbons (Fsp3) is 0. The molecule has 0 amide bonds. The first-order valence-corrected chi connectivity index (χ1v) is 4.44. The molecule has 0 aliphatic heterocycles. The predicted molar refractivity (Wildman–Crippen MR) is 55.4 cm³/mol. The summed E-state index contributed by atoms with van der Waals surface area (Å²) in [4.78, 5) is 0. The monoisotopic (exact) mass is 184 g/mol. The minimum absolute atomic E-state index is 0.0321. The topological polar surface area (TPSA) is 33.4 Å². The van der Waals surface area contributed by atoms with E-state index in [1.807, 2.05) is 36.4 Å². The highest BCUT2D eigenvalue weighted by molar-refractivity contribution is 5.96. The van der Waals surface area contributed by atoms with Gasteiger partial charge in [-0.2, -0.15) is 0 Å². The van der Waals surface area contributed by atoms with Gasteiger partial charge in [0, 0.05) is 11.5 Å². The van der Waals surface area contributed by atoms with E-state index in [4.69, 9.17) is 4.42 Å². The number of hydrogen-bond donors (Lipinski definition) is 1. The smallest absolute Gasteiger partial charge is 0.282 e. The second-order valence-electron chi connectivity index (χ2n) is 3.32. The molecule has 0 bridgehead atoms. The van der Waals surface area contributed by atoms with Crippen LogP contribution in [0.1, 0.15) is 0 Å². The number of rotatable bonds is 0. The van der Waals surface area contributed by atoms with Crippen molar-refractivity contribution in [3.63, 3.8) is 0 Å². The maximum absolute atomic E-state index is 9.20. The van der Waals surface area contributed by atoms with Gasteiger partial charge in [0.1, 0.15) is 5.58 Å². The van der Waals surface area contributed by atoms with Crippen LogP contribution in [0, 0.1) is 0 Å². The Labute approximate surface area is 80.4 Å². The SMILES string of the molecule is Oc1cc2cc3ccccc3cc2o1. The molecule has 0 aliphatic rings. The van der Waals surface area contributed by atoms with Gasteiger partial charge in [-0.05, 0) is 22.9 Å². The summed E-state index contributed by atoms with van der Waals surface area (Å²) in [6, 6.07) is 13.6. The van der Waals surface area contributed by atoms with Crippen LogP contribution in [0.4, 0.5) is 0 Å². The van der Waals surface area contributed by atoms with Gasteiger partial charge < -0.3 is 9.52 Å². The number of aromatic hydroxyl groups is 1. The van der Waals surface area contributed by atoms with Crippen molar-refractivity contribution >= 4 is 21.7 Å². The van der Waals surface area contributed by atoms with E-state index in [0.717, 1.165) is 21.7 Å². The van der Waals surface area contributed by atoms with Gasteiger partial charge in [0.25, 0.3) is 5.95 Å². The van der Waals surface area contributed by atoms with Crippen LogP contribution in [0.2, 0.25) is 0 Å². The van der Waals surface area contributed by atoms with E-state index in [1.165, 1.54) is 0 Å². The highest BCUT2D eigenvalue weighted by atomic mass is 16.5. The van der Waals surface area contributed by atoms with Crippen LogP contribution in [0.5, 0.6) is 5.95 Å². The second kappa shape index (κ2) is 2.51. The first-order chi connectivity index (χ1) is 6.83. The van der Waals surface area contributed by atoms with Crippen LogP contribution in [0.3, 0.4) is 0 Å². The molecule has 0 radical (unpaired) electrons. The van der Waals surface area contributed by atoms with Gasteiger partial charge in [0.2, 0.25) is 0 Å². The van der Waals surface area contributed by atoms with Crippen molar-refractivity contribution in [2.75, 3.05) is 0 Å². The van der Waals surface area contributed by atoms with E-state index in [9.17, 15) is 5.11 Å². The van der Waals surface area contributed by atoms with Crippen LogP contribution < -0.4 is 0 Å². The Kier molecular flexibility index (Phi) is 1.34. The van der Waals surface area contributed by atoms with Crippen molar-refractivity contribution in [1.29, 1.82) is 0 Å². The van der Waals surface area contributed by atoms with Crippen molar-refractivity contribution < 1.29 is 9.52 Å². The van der Waals surface area contributed by atoms with Gasteiger partial charge in [0.05, 0.1) is 0 Å². The zero-order valence-electron chi connectivity index (χ0n) is 7.40. The zero-order chi connectivity index (χ0) is 9.54.